The molecule has 2 aromatic heterocycles. The predicted octanol–water partition coefficient (Wildman–Crippen LogP) is 3.33. The molecule has 2 heterocycles. The third-order valence-corrected chi connectivity index (χ3v) is 4.22. The fourth-order valence-electron chi connectivity index (χ4n) is 2.99. The number of aryl methyl sites for hydroxylation is 1. The van der Waals surface area contributed by atoms with Crippen LogP contribution in [0.15, 0.2) is 29.4 Å². The molecular formula is C18H23N5O2. The number of rotatable bonds is 7. The number of imidazole rings is 1. The Labute approximate surface area is 146 Å². The zero-order valence-corrected chi connectivity index (χ0v) is 14.6. The average Bonchev–Trinajstić information content (AvgIpc) is 2.99. The monoisotopic (exact) mass is 341 g/mol. The summed E-state index contributed by atoms with van der Waals surface area (Å²) in [5.41, 5.74) is 9.41. The molecule has 7 nitrogen and oxygen atoms in total. The van der Waals surface area contributed by atoms with Gasteiger partial charge in [-0.3, -0.25) is 0 Å². The SMILES string of the molecule is CCOCc1nc2c(N)nc3ccccc3c2n1CCC/C(C)=N/O. The second-order valence-corrected chi connectivity index (χ2v) is 5.97. The van der Waals surface area contributed by atoms with Crippen molar-refractivity contribution in [2.75, 3.05) is 12.3 Å². The van der Waals surface area contributed by atoms with E-state index < -0.39 is 0 Å². The lowest BCUT2D eigenvalue weighted by Crippen LogP contribution is -2.07. The van der Waals surface area contributed by atoms with E-state index in [2.05, 4.69) is 19.7 Å². The zero-order chi connectivity index (χ0) is 17.8. The molecule has 0 aliphatic rings. The van der Waals surface area contributed by atoms with E-state index in [-0.39, 0.29) is 0 Å². The molecule has 0 fully saturated rings. The van der Waals surface area contributed by atoms with E-state index in [1.54, 1.807) is 0 Å². The normalized spacial score (nSPS) is 12.3. The molecule has 132 valence electrons. The van der Waals surface area contributed by atoms with E-state index in [9.17, 15) is 0 Å². The summed E-state index contributed by atoms with van der Waals surface area (Å²) in [5, 5.41) is 13.1. The van der Waals surface area contributed by atoms with Crippen LogP contribution in [0.3, 0.4) is 0 Å². The van der Waals surface area contributed by atoms with E-state index >= 15 is 0 Å². The van der Waals surface area contributed by atoms with Gasteiger partial charge in [-0.15, -0.1) is 0 Å². The number of anilines is 1. The van der Waals surface area contributed by atoms with Gasteiger partial charge in [-0.25, -0.2) is 9.97 Å². The van der Waals surface area contributed by atoms with Crippen LogP contribution in [0.1, 0.15) is 32.5 Å². The largest absolute Gasteiger partial charge is 0.411 e. The van der Waals surface area contributed by atoms with Crippen LogP contribution >= 0.6 is 0 Å². The number of benzene rings is 1. The number of oxime groups is 1. The van der Waals surface area contributed by atoms with Crippen LogP contribution in [0.5, 0.6) is 0 Å². The van der Waals surface area contributed by atoms with E-state index in [0.717, 1.165) is 35.2 Å². The third kappa shape index (κ3) is 3.41. The Hall–Kier alpha value is -2.67. The molecule has 7 heteroatoms. The van der Waals surface area contributed by atoms with Crippen molar-refractivity contribution in [1.82, 2.24) is 14.5 Å². The molecule has 0 unspecified atom stereocenters. The highest BCUT2D eigenvalue weighted by atomic mass is 16.5. The van der Waals surface area contributed by atoms with Crippen molar-refractivity contribution < 1.29 is 9.94 Å². The van der Waals surface area contributed by atoms with Crippen LogP contribution in [-0.2, 0) is 17.9 Å². The molecule has 0 bridgehead atoms. The Morgan fingerprint density at radius 1 is 1.32 bits per heavy atom. The van der Waals surface area contributed by atoms with Crippen LogP contribution in [-0.4, -0.2) is 32.1 Å². The van der Waals surface area contributed by atoms with Crippen molar-refractivity contribution in [3.63, 3.8) is 0 Å². The summed E-state index contributed by atoms with van der Waals surface area (Å²) in [6.07, 6.45) is 1.54. The van der Waals surface area contributed by atoms with Crippen molar-refractivity contribution >= 4 is 33.5 Å². The van der Waals surface area contributed by atoms with E-state index in [0.29, 0.717) is 36.7 Å². The summed E-state index contributed by atoms with van der Waals surface area (Å²) in [4.78, 5) is 9.16. The summed E-state index contributed by atoms with van der Waals surface area (Å²) in [6.45, 7) is 5.54. The number of nitrogen functional groups attached to an aromatic ring is 1. The van der Waals surface area contributed by atoms with Gasteiger partial charge in [-0.2, -0.15) is 0 Å². The number of ether oxygens (including phenoxy) is 1. The van der Waals surface area contributed by atoms with E-state index in [4.69, 9.17) is 15.7 Å². The minimum Gasteiger partial charge on any atom is -0.411 e. The van der Waals surface area contributed by atoms with Crippen LogP contribution in [0, 0.1) is 0 Å². The molecule has 0 amide bonds. The number of nitrogens with two attached hydrogens (primary N) is 1. The van der Waals surface area contributed by atoms with E-state index in [1.165, 1.54) is 0 Å². The number of hydrogen-bond acceptors (Lipinski definition) is 6. The standard InChI is InChI=1S/C18H23N5O2/c1-3-25-11-15-21-16-17(23(15)10-6-7-12(2)22-24)13-8-4-5-9-14(13)20-18(16)19/h4-5,8-9,24H,3,6-7,10-11H2,1-2H3,(H2,19,20)/b22-12+. The Balaban J connectivity index is 2.11. The van der Waals surface area contributed by atoms with Gasteiger partial charge < -0.3 is 20.2 Å². The number of nitrogens with zero attached hydrogens (tertiary/aromatic N) is 4. The second kappa shape index (κ2) is 7.48. The first-order valence-corrected chi connectivity index (χ1v) is 8.44. The molecule has 0 radical (unpaired) electrons. The number of para-hydroxylation sites is 1. The zero-order valence-electron chi connectivity index (χ0n) is 14.6. The average molecular weight is 341 g/mol. The van der Waals surface area contributed by atoms with Crippen molar-refractivity contribution in [2.24, 2.45) is 5.16 Å². The molecule has 0 saturated carbocycles. The minimum atomic E-state index is 0.423. The highest BCUT2D eigenvalue weighted by Gasteiger charge is 2.17. The Bertz CT molecular complexity index is 917. The molecule has 0 aliphatic heterocycles. The van der Waals surface area contributed by atoms with Gasteiger partial charge >= 0.3 is 0 Å². The summed E-state index contributed by atoms with van der Waals surface area (Å²) in [7, 11) is 0. The molecular weight excluding hydrogens is 318 g/mol. The molecule has 3 N–H and O–H groups in total. The van der Waals surface area contributed by atoms with Gasteiger partial charge in [0, 0.05) is 18.5 Å². The number of fused-ring (bicyclic) bond motifs is 3. The van der Waals surface area contributed by atoms with Gasteiger partial charge in [0.25, 0.3) is 0 Å². The Morgan fingerprint density at radius 2 is 2.12 bits per heavy atom. The maximum absolute atomic E-state index is 8.84. The van der Waals surface area contributed by atoms with Crippen LogP contribution in [0.2, 0.25) is 0 Å². The molecule has 0 aliphatic carbocycles. The summed E-state index contributed by atoms with van der Waals surface area (Å²) in [6, 6.07) is 7.92. The first-order chi connectivity index (χ1) is 12.2. The lowest BCUT2D eigenvalue weighted by atomic mass is 10.1. The molecule has 3 aromatic rings. The highest BCUT2D eigenvalue weighted by Crippen LogP contribution is 2.29. The van der Waals surface area contributed by atoms with Crippen molar-refractivity contribution in [2.45, 2.75) is 39.8 Å². The number of pyridine rings is 1. The quantitative estimate of drug-likeness (QED) is 0.390. The molecule has 25 heavy (non-hydrogen) atoms. The first kappa shape index (κ1) is 17.2. The molecule has 3 rings (SSSR count). The summed E-state index contributed by atoms with van der Waals surface area (Å²) >= 11 is 0. The van der Waals surface area contributed by atoms with Gasteiger partial charge in [-0.05, 0) is 32.8 Å². The smallest absolute Gasteiger partial charge is 0.152 e. The van der Waals surface area contributed by atoms with Gasteiger partial charge in [0.15, 0.2) is 5.82 Å². The number of hydrogen-bond donors (Lipinski definition) is 2. The van der Waals surface area contributed by atoms with Crippen LogP contribution in [0.25, 0.3) is 21.9 Å². The molecule has 1 aromatic carbocycles. The van der Waals surface area contributed by atoms with Gasteiger partial charge in [0.05, 0.1) is 16.7 Å². The Morgan fingerprint density at radius 3 is 2.88 bits per heavy atom. The predicted molar refractivity (Wildman–Crippen MR) is 98.9 cm³/mol. The van der Waals surface area contributed by atoms with Gasteiger partial charge in [-0.1, -0.05) is 23.4 Å². The number of aromatic nitrogens is 3. The van der Waals surface area contributed by atoms with E-state index in [1.807, 2.05) is 38.1 Å². The molecule has 0 atom stereocenters. The van der Waals surface area contributed by atoms with Crippen molar-refractivity contribution in [1.29, 1.82) is 0 Å². The van der Waals surface area contributed by atoms with Crippen molar-refractivity contribution in [3.8, 4) is 0 Å². The first-order valence-electron chi connectivity index (χ1n) is 8.44. The minimum absolute atomic E-state index is 0.423. The van der Waals surface area contributed by atoms with Crippen molar-refractivity contribution in [3.05, 3.63) is 30.1 Å². The lowest BCUT2D eigenvalue weighted by molar-refractivity contribution is 0.126. The molecule has 0 spiro atoms. The van der Waals surface area contributed by atoms with Crippen LogP contribution < -0.4 is 5.73 Å². The van der Waals surface area contributed by atoms with Crippen LogP contribution in [0.4, 0.5) is 5.82 Å². The topological polar surface area (TPSA) is 98.6 Å². The Kier molecular flexibility index (Phi) is 5.14. The summed E-state index contributed by atoms with van der Waals surface area (Å²) < 4.78 is 7.73. The fourth-order valence-corrected chi connectivity index (χ4v) is 2.99. The highest BCUT2D eigenvalue weighted by molar-refractivity contribution is 6.06. The third-order valence-electron chi connectivity index (χ3n) is 4.22. The maximum Gasteiger partial charge on any atom is 0.152 e. The lowest BCUT2D eigenvalue weighted by Gasteiger charge is -2.11. The maximum atomic E-state index is 8.84. The van der Waals surface area contributed by atoms with Gasteiger partial charge in [0.1, 0.15) is 17.9 Å². The second-order valence-electron chi connectivity index (χ2n) is 5.97. The van der Waals surface area contributed by atoms with Gasteiger partial charge in [0.2, 0.25) is 0 Å². The molecule has 0 saturated heterocycles. The fraction of sp³-hybridized carbons (Fsp3) is 0.389. The summed E-state index contributed by atoms with van der Waals surface area (Å²) in [5.74, 6) is 1.26.